The molecule has 13 heteroatoms. The number of hydrogen-bond acceptors (Lipinski definition) is 10. The number of alkyl carbamates (subject to hydrolysis) is 1. The van der Waals surface area contributed by atoms with Gasteiger partial charge in [0.2, 0.25) is 0 Å². The van der Waals surface area contributed by atoms with Crippen molar-refractivity contribution in [1.82, 2.24) is 20.3 Å². The quantitative estimate of drug-likeness (QED) is 0.0982. The standard InChI is InChI=1S/C44H50N4O9/c1-44(2,3)57-43(51)45-36(42(49)50)24-35-25-48(47-46-35)41-40(55-29-34-22-14-7-15-23-34)39(54-28-33-20-12-6-13-21-33)38(53-27-32-18-10-5-11-19-32)37(56-41)30-52-26-31-16-8-4-9-17-31/h4-23,25,36-41H,24,26-30H2,1-3H3,(H,45,51)(H,49,50)/t36-,37+,38+,39-,40+,41-/m0/s1. The van der Waals surface area contributed by atoms with Crippen LogP contribution in [0.25, 0.3) is 0 Å². The van der Waals surface area contributed by atoms with Crippen LogP contribution in [0.1, 0.15) is 54.9 Å². The average Bonchev–Trinajstić information content (AvgIpc) is 3.67. The van der Waals surface area contributed by atoms with E-state index in [1.165, 1.54) is 4.68 Å². The van der Waals surface area contributed by atoms with Crippen molar-refractivity contribution in [3.8, 4) is 0 Å². The van der Waals surface area contributed by atoms with E-state index in [2.05, 4.69) is 15.6 Å². The van der Waals surface area contributed by atoms with Crippen LogP contribution in [0.5, 0.6) is 0 Å². The van der Waals surface area contributed by atoms with Crippen LogP contribution < -0.4 is 5.32 Å². The van der Waals surface area contributed by atoms with Gasteiger partial charge in [0.15, 0.2) is 6.23 Å². The Labute approximate surface area is 332 Å². The number of nitrogens with zero attached hydrogens (tertiary/aromatic N) is 3. The fourth-order valence-corrected chi connectivity index (χ4v) is 6.37. The molecule has 6 atom stereocenters. The van der Waals surface area contributed by atoms with Crippen LogP contribution in [0.2, 0.25) is 0 Å². The van der Waals surface area contributed by atoms with E-state index in [0.29, 0.717) is 12.3 Å². The smallest absolute Gasteiger partial charge is 0.408 e. The first kappa shape index (κ1) is 41.2. The van der Waals surface area contributed by atoms with Gasteiger partial charge in [-0.3, -0.25) is 0 Å². The number of aliphatic carboxylic acids is 1. The minimum Gasteiger partial charge on any atom is -0.480 e. The molecule has 13 nitrogen and oxygen atoms in total. The third-order valence-electron chi connectivity index (χ3n) is 9.08. The molecule has 0 radical (unpaired) electrons. The summed E-state index contributed by atoms with van der Waals surface area (Å²) >= 11 is 0. The molecule has 0 bridgehead atoms. The molecule has 0 spiro atoms. The second kappa shape index (κ2) is 20.1. The molecule has 1 aromatic heterocycles. The van der Waals surface area contributed by atoms with Gasteiger partial charge in [0.1, 0.15) is 36.1 Å². The van der Waals surface area contributed by atoms with E-state index in [1.807, 2.05) is 121 Å². The summed E-state index contributed by atoms with van der Waals surface area (Å²) in [6.45, 7) is 6.33. The largest absolute Gasteiger partial charge is 0.480 e. The fourth-order valence-electron chi connectivity index (χ4n) is 6.37. The predicted molar refractivity (Wildman–Crippen MR) is 210 cm³/mol. The lowest BCUT2D eigenvalue weighted by molar-refractivity contribution is -0.292. The van der Waals surface area contributed by atoms with Crippen molar-refractivity contribution < 1.29 is 43.1 Å². The number of carboxylic acids is 1. The number of ether oxygens (including phenoxy) is 6. The zero-order chi connectivity index (χ0) is 40.0. The molecule has 57 heavy (non-hydrogen) atoms. The molecule has 300 valence electrons. The molecule has 1 fully saturated rings. The first-order valence-corrected chi connectivity index (χ1v) is 19.0. The summed E-state index contributed by atoms with van der Waals surface area (Å²) in [5, 5.41) is 21.1. The maximum Gasteiger partial charge on any atom is 0.408 e. The van der Waals surface area contributed by atoms with E-state index >= 15 is 0 Å². The highest BCUT2D eigenvalue weighted by molar-refractivity contribution is 5.80. The van der Waals surface area contributed by atoms with Crippen LogP contribution in [0, 0.1) is 0 Å². The topological polar surface area (TPSA) is 152 Å². The van der Waals surface area contributed by atoms with Gasteiger partial charge >= 0.3 is 12.1 Å². The minimum atomic E-state index is -1.33. The predicted octanol–water partition coefficient (Wildman–Crippen LogP) is 6.67. The first-order valence-electron chi connectivity index (χ1n) is 19.0. The van der Waals surface area contributed by atoms with Gasteiger partial charge in [0.25, 0.3) is 0 Å². The van der Waals surface area contributed by atoms with E-state index in [1.54, 1.807) is 27.0 Å². The molecule has 4 aromatic carbocycles. The van der Waals surface area contributed by atoms with Crippen LogP contribution in [0.15, 0.2) is 128 Å². The minimum absolute atomic E-state index is 0.143. The molecule has 2 N–H and O–H groups in total. The molecule has 1 aliphatic rings. The Bertz CT molecular complexity index is 1960. The number of hydrogen-bond donors (Lipinski definition) is 2. The number of carbonyl (C=O) groups is 2. The molecule has 5 aromatic rings. The summed E-state index contributed by atoms with van der Waals surface area (Å²) in [5.41, 5.74) is 3.35. The van der Waals surface area contributed by atoms with Gasteiger partial charge < -0.3 is 38.8 Å². The van der Waals surface area contributed by atoms with Gasteiger partial charge in [-0.15, -0.1) is 5.10 Å². The maximum absolute atomic E-state index is 12.5. The molecule has 1 saturated heterocycles. The Morgan fingerprint density at radius 3 is 1.68 bits per heavy atom. The molecule has 1 amide bonds. The van der Waals surface area contributed by atoms with Crippen LogP contribution in [-0.2, 0) is 66.1 Å². The molecule has 0 unspecified atom stereocenters. The van der Waals surface area contributed by atoms with Crippen LogP contribution in [0.3, 0.4) is 0 Å². The molecular weight excluding hydrogens is 729 g/mol. The van der Waals surface area contributed by atoms with Crippen molar-refractivity contribution >= 4 is 12.1 Å². The Morgan fingerprint density at radius 2 is 1.19 bits per heavy atom. The lowest BCUT2D eigenvalue weighted by atomic mass is 9.97. The van der Waals surface area contributed by atoms with Gasteiger partial charge in [0, 0.05) is 6.42 Å². The van der Waals surface area contributed by atoms with E-state index < -0.39 is 54.3 Å². The third-order valence-corrected chi connectivity index (χ3v) is 9.08. The highest BCUT2D eigenvalue weighted by atomic mass is 16.6. The van der Waals surface area contributed by atoms with Gasteiger partial charge in [0.05, 0.1) is 44.9 Å². The zero-order valence-electron chi connectivity index (χ0n) is 32.4. The number of aromatic nitrogens is 3. The van der Waals surface area contributed by atoms with E-state index in [0.717, 1.165) is 22.3 Å². The lowest BCUT2D eigenvalue weighted by Crippen LogP contribution is -2.59. The molecular formula is C44H50N4O9. The number of rotatable bonds is 18. The second-order valence-electron chi connectivity index (χ2n) is 14.8. The zero-order valence-corrected chi connectivity index (χ0v) is 32.4. The number of carbonyl (C=O) groups excluding carboxylic acids is 1. The maximum atomic E-state index is 12.5. The summed E-state index contributed by atoms with van der Waals surface area (Å²) in [6, 6.07) is 38.0. The second-order valence-corrected chi connectivity index (χ2v) is 14.8. The SMILES string of the molecule is CC(C)(C)OC(=O)N[C@@H](Cc1cn([C@H]2O[C@H](COCc3ccccc3)[C@@H](OCc3ccccc3)[C@H](OCc3ccccc3)[C@H]2OCc2ccccc2)nn1)C(=O)O. The molecule has 6 rings (SSSR count). The molecule has 0 saturated carbocycles. The van der Waals surface area contributed by atoms with Gasteiger partial charge in [-0.1, -0.05) is 127 Å². The summed E-state index contributed by atoms with van der Waals surface area (Å²) in [5.74, 6) is -1.25. The number of carboxylic acid groups (broad SMARTS) is 1. The van der Waals surface area contributed by atoms with Crippen molar-refractivity contribution in [3.05, 3.63) is 155 Å². The average molecular weight is 779 g/mol. The molecule has 1 aliphatic heterocycles. The van der Waals surface area contributed by atoms with E-state index in [9.17, 15) is 14.7 Å². The fraction of sp³-hybridized carbons (Fsp3) is 0.364. The highest BCUT2D eigenvalue weighted by Crippen LogP contribution is 2.36. The number of amides is 1. The first-order chi connectivity index (χ1) is 27.6. The van der Waals surface area contributed by atoms with Gasteiger partial charge in [-0.25, -0.2) is 14.3 Å². The van der Waals surface area contributed by atoms with Crippen LogP contribution in [-0.4, -0.2) is 74.8 Å². The normalized spacial score (nSPS) is 20.1. The van der Waals surface area contributed by atoms with Crippen LogP contribution >= 0.6 is 0 Å². The summed E-state index contributed by atoms with van der Waals surface area (Å²) < 4.78 is 40.3. The Kier molecular flexibility index (Phi) is 14.5. The Balaban J connectivity index is 1.33. The van der Waals surface area contributed by atoms with Crippen LogP contribution in [0.4, 0.5) is 4.79 Å². The van der Waals surface area contributed by atoms with E-state index in [4.69, 9.17) is 28.4 Å². The van der Waals surface area contributed by atoms with Gasteiger partial charge in [-0.2, -0.15) is 0 Å². The Morgan fingerprint density at radius 1 is 0.719 bits per heavy atom. The number of benzene rings is 4. The molecule has 2 heterocycles. The van der Waals surface area contributed by atoms with Crippen molar-refractivity contribution in [2.75, 3.05) is 6.61 Å². The summed E-state index contributed by atoms with van der Waals surface area (Å²) in [6.07, 6.45) is -3.20. The monoisotopic (exact) mass is 778 g/mol. The Hall–Kier alpha value is -5.44. The van der Waals surface area contributed by atoms with Crippen molar-refractivity contribution in [3.63, 3.8) is 0 Å². The van der Waals surface area contributed by atoms with Crippen molar-refractivity contribution in [2.45, 2.75) is 95.9 Å². The van der Waals surface area contributed by atoms with Crippen molar-refractivity contribution in [1.29, 1.82) is 0 Å². The molecule has 0 aliphatic carbocycles. The van der Waals surface area contributed by atoms with Gasteiger partial charge in [-0.05, 0) is 43.0 Å². The van der Waals surface area contributed by atoms with Crippen molar-refractivity contribution in [2.24, 2.45) is 0 Å². The third kappa shape index (κ3) is 12.5. The number of nitrogens with one attached hydrogen (secondary N) is 1. The summed E-state index contributed by atoms with van der Waals surface area (Å²) in [7, 11) is 0. The lowest BCUT2D eigenvalue weighted by Gasteiger charge is -2.46. The highest BCUT2D eigenvalue weighted by Gasteiger charge is 2.50. The van der Waals surface area contributed by atoms with E-state index in [-0.39, 0.29) is 32.8 Å². The summed E-state index contributed by atoms with van der Waals surface area (Å²) in [4.78, 5) is 24.8.